The molecule has 1 atom stereocenters. The van der Waals surface area contributed by atoms with Crippen LogP contribution in [0.2, 0.25) is 0 Å². The molecular weight excluding hydrogens is 336 g/mol. The molecule has 0 amide bonds. The summed E-state index contributed by atoms with van der Waals surface area (Å²) in [6.45, 7) is 0. The molecule has 100 valence electrons. The molecule has 0 aliphatic rings. The van der Waals surface area contributed by atoms with Crippen LogP contribution in [0.25, 0.3) is 0 Å². The van der Waals surface area contributed by atoms with Crippen LogP contribution < -0.4 is 5.73 Å². The summed E-state index contributed by atoms with van der Waals surface area (Å²) in [7, 11) is -1.53. The number of halogens is 3. The van der Waals surface area contributed by atoms with Gasteiger partial charge in [-0.05, 0) is 24.3 Å². The molecule has 0 saturated heterocycles. The van der Waals surface area contributed by atoms with Gasteiger partial charge >= 0.3 is 0 Å². The Morgan fingerprint density at radius 2 is 1.95 bits per heavy atom. The van der Waals surface area contributed by atoms with Gasteiger partial charge in [-0.3, -0.25) is 4.21 Å². The average Bonchev–Trinajstić information content (AvgIpc) is 2.34. The molecule has 0 aliphatic heterocycles. The van der Waals surface area contributed by atoms with E-state index in [-0.39, 0.29) is 11.3 Å². The normalized spacial score (nSPS) is 12.4. The Bertz CT molecular complexity index is 649. The zero-order valence-corrected chi connectivity index (χ0v) is 12.1. The van der Waals surface area contributed by atoms with Crippen LogP contribution in [0.3, 0.4) is 0 Å². The lowest BCUT2D eigenvalue weighted by Crippen LogP contribution is -2.03. The molecule has 0 heterocycles. The maximum atomic E-state index is 13.5. The first-order valence-corrected chi connectivity index (χ1v) is 7.46. The van der Waals surface area contributed by atoms with Crippen LogP contribution in [0.5, 0.6) is 0 Å². The van der Waals surface area contributed by atoms with E-state index in [1.165, 1.54) is 12.1 Å². The second-order valence-corrected chi connectivity index (χ2v) is 6.22. The van der Waals surface area contributed by atoms with Gasteiger partial charge in [0, 0.05) is 15.7 Å². The van der Waals surface area contributed by atoms with Gasteiger partial charge in [0.25, 0.3) is 0 Å². The Kier molecular flexibility index (Phi) is 4.31. The minimum atomic E-state index is -1.53. The van der Waals surface area contributed by atoms with E-state index in [2.05, 4.69) is 15.9 Å². The van der Waals surface area contributed by atoms with Gasteiger partial charge in [0.05, 0.1) is 21.4 Å². The van der Waals surface area contributed by atoms with E-state index >= 15 is 0 Å². The molecular formula is C13H10BrF2NOS. The van der Waals surface area contributed by atoms with Crippen LogP contribution in [-0.4, -0.2) is 4.21 Å². The van der Waals surface area contributed by atoms with Crippen molar-refractivity contribution in [2.45, 2.75) is 10.6 Å². The number of benzene rings is 2. The van der Waals surface area contributed by atoms with Crippen molar-refractivity contribution in [1.82, 2.24) is 0 Å². The SMILES string of the molecule is Nc1cc(Br)ccc1S(=O)Cc1cccc(F)c1F. The molecule has 0 aliphatic carbocycles. The van der Waals surface area contributed by atoms with E-state index in [0.717, 1.165) is 10.5 Å². The molecule has 0 aromatic heterocycles. The first-order valence-electron chi connectivity index (χ1n) is 5.35. The Morgan fingerprint density at radius 3 is 2.63 bits per heavy atom. The van der Waals surface area contributed by atoms with Crippen molar-refractivity contribution in [3.8, 4) is 0 Å². The molecule has 2 nitrogen and oxygen atoms in total. The number of rotatable bonds is 3. The number of nitrogens with two attached hydrogens (primary N) is 1. The number of nitrogen functional groups attached to an aromatic ring is 1. The molecule has 0 bridgehead atoms. The van der Waals surface area contributed by atoms with Crippen molar-refractivity contribution < 1.29 is 13.0 Å². The molecule has 0 spiro atoms. The quantitative estimate of drug-likeness (QED) is 0.863. The van der Waals surface area contributed by atoms with E-state index in [4.69, 9.17) is 5.73 Å². The molecule has 0 saturated carbocycles. The molecule has 2 aromatic rings. The highest BCUT2D eigenvalue weighted by atomic mass is 79.9. The molecule has 1 unspecified atom stereocenters. The Labute approximate surface area is 120 Å². The zero-order valence-electron chi connectivity index (χ0n) is 9.70. The summed E-state index contributed by atoms with van der Waals surface area (Å²) in [4.78, 5) is 0.409. The number of hydrogen-bond donors (Lipinski definition) is 1. The van der Waals surface area contributed by atoms with Crippen molar-refractivity contribution in [1.29, 1.82) is 0 Å². The first kappa shape index (κ1) is 14.1. The van der Waals surface area contributed by atoms with Gasteiger partial charge in [-0.1, -0.05) is 28.1 Å². The minimum Gasteiger partial charge on any atom is -0.398 e. The van der Waals surface area contributed by atoms with Crippen molar-refractivity contribution in [3.63, 3.8) is 0 Å². The number of anilines is 1. The fourth-order valence-electron chi connectivity index (χ4n) is 1.61. The Hall–Kier alpha value is -1.27. The zero-order chi connectivity index (χ0) is 14.0. The Balaban J connectivity index is 2.28. The van der Waals surface area contributed by atoms with E-state index in [1.807, 2.05) is 0 Å². The predicted octanol–water partition coefficient (Wildman–Crippen LogP) is 3.62. The van der Waals surface area contributed by atoms with Crippen molar-refractivity contribution >= 4 is 32.4 Å². The fraction of sp³-hybridized carbons (Fsp3) is 0.0769. The van der Waals surface area contributed by atoms with Gasteiger partial charge in [-0.15, -0.1) is 0 Å². The highest BCUT2D eigenvalue weighted by Crippen LogP contribution is 2.24. The first-order chi connectivity index (χ1) is 8.99. The van der Waals surface area contributed by atoms with Crippen molar-refractivity contribution in [3.05, 3.63) is 58.1 Å². The van der Waals surface area contributed by atoms with Crippen LogP contribution in [0, 0.1) is 11.6 Å². The highest BCUT2D eigenvalue weighted by Gasteiger charge is 2.14. The summed E-state index contributed by atoms with van der Waals surface area (Å²) in [5.41, 5.74) is 6.17. The van der Waals surface area contributed by atoms with Gasteiger partial charge in [0.15, 0.2) is 11.6 Å². The molecule has 19 heavy (non-hydrogen) atoms. The van der Waals surface area contributed by atoms with Gasteiger partial charge in [0.2, 0.25) is 0 Å². The fourth-order valence-corrected chi connectivity index (χ4v) is 3.19. The number of hydrogen-bond acceptors (Lipinski definition) is 2. The molecule has 2 rings (SSSR count). The summed E-state index contributed by atoms with van der Waals surface area (Å²) in [6, 6.07) is 8.74. The molecule has 6 heteroatoms. The van der Waals surface area contributed by atoms with Crippen LogP contribution in [0.15, 0.2) is 45.8 Å². The van der Waals surface area contributed by atoms with Crippen LogP contribution in [-0.2, 0) is 16.6 Å². The molecule has 2 aromatic carbocycles. The molecule has 0 radical (unpaired) electrons. The van der Waals surface area contributed by atoms with E-state index < -0.39 is 22.4 Å². The Morgan fingerprint density at radius 1 is 1.21 bits per heavy atom. The maximum absolute atomic E-state index is 13.5. The lowest BCUT2D eigenvalue weighted by Gasteiger charge is -2.07. The lowest BCUT2D eigenvalue weighted by molar-refractivity contribution is 0.502. The second kappa shape index (κ2) is 5.79. The van der Waals surface area contributed by atoms with E-state index in [9.17, 15) is 13.0 Å². The monoisotopic (exact) mass is 345 g/mol. The average molecular weight is 346 g/mol. The topological polar surface area (TPSA) is 43.1 Å². The lowest BCUT2D eigenvalue weighted by atomic mass is 10.2. The van der Waals surface area contributed by atoms with Crippen molar-refractivity contribution in [2.24, 2.45) is 0 Å². The molecule has 2 N–H and O–H groups in total. The van der Waals surface area contributed by atoms with Gasteiger partial charge in [0.1, 0.15) is 0 Å². The maximum Gasteiger partial charge on any atom is 0.162 e. The van der Waals surface area contributed by atoms with Crippen LogP contribution >= 0.6 is 15.9 Å². The summed E-state index contributed by atoms with van der Waals surface area (Å²) in [6.07, 6.45) is 0. The van der Waals surface area contributed by atoms with E-state index in [1.54, 1.807) is 18.2 Å². The third-order valence-electron chi connectivity index (χ3n) is 2.54. The van der Waals surface area contributed by atoms with Gasteiger partial charge < -0.3 is 5.73 Å². The van der Waals surface area contributed by atoms with Crippen LogP contribution in [0.4, 0.5) is 14.5 Å². The summed E-state index contributed by atoms with van der Waals surface area (Å²) < 4.78 is 39.5. The standard InChI is InChI=1S/C13H10BrF2NOS/c14-9-4-5-12(11(17)6-9)19(18)7-8-2-1-3-10(15)13(8)16/h1-6H,7,17H2. The second-order valence-electron chi connectivity index (χ2n) is 3.88. The third-order valence-corrected chi connectivity index (χ3v) is 4.46. The molecule has 0 fully saturated rings. The summed E-state index contributed by atoms with van der Waals surface area (Å²) in [5.74, 6) is -2.03. The van der Waals surface area contributed by atoms with E-state index in [0.29, 0.717) is 10.6 Å². The smallest absolute Gasteiger partial charge is 0.162 e. The largest absolute Gasteiger partial charge is 0.398 e. The third kappa shape index (κ3) is 3.19. The van der Waals surface area contributed by atoms with Crippen LogP contribution in [0.1, 0.15) is 5.56 Å². The minimum absolute atomic E-state index is 0.0700. The predicted molar refractivity (Wildman–Crippen MR) is 75.0 cm³/mol. The summed E-state index contributed by atoms with van der Waals surface area (Å²) >= 11 is 3.24. The highest BCUT2D eigenvalue weighted by molar-refractivity contribution is 9.10. The van der Waals surface area contributed by atoms with Crippen molar-refractivity contribution in [2.75, 3.05) is 5.73 Å². The van der Waals surface area contributed by atoms with Gasteiger partial charge in [-0.2, -0.15) is 0 Å². The summed E-state index contributed by atoms with van der Waals surface area (Å²) in [5, 5.41) is 0. The van der Waals surface area contributed by atoms with Gasteiger partial charge in [-0.25, -0.2) is 8.78 Å².